The summed E-state index contributed by atoms with van der Waals surface area (Å²) in [6.45, 7) is 2.72. The second kappa shape index (κ2) is 6.78. The van der Waals surface area contributed by atoms with Gasteiger partial charge in [0.15, 0.2) is 0 Å². The third-order valence-corrected chi connectivity index (χ3v) is 3.95. The van der Waals surface area contributed by atoms with Crippen molar-refractivity contribution in [1.82, 2.24) is 4.57 Å². The fraction of sp³-hybridized carbons (Fsp3) is 0.286. The first-order valence-corrected chi connectivity index (χ1v) is 7.65. The molecule has 1 amide bonds. The number of hydrogen-bond donors (Lipinski definition) is 1. The van der Waals surface area contributed by atoms with Crippen LogP contribution in [0, 0.1) is 0 Å². The number of amides is 1. The second-order valence-corrected chi connectivity index (χ2v) is 5.70. The van der Waals surface area contributed by atoms with Crippen molar-refractivity contribution >= 4 is 40.5 Å². The van der Waals surface area contributed by atoms with Crippen LogP contribution in [0.2, 0.25) is 5.02 Å². The first-order valence-electron chi connectivity index (χ1n) is 6.39. The lowest BCUT2D eigenvalue weighted by Gasteiger charge is -2.08. The first kappa shape index (κ1) is 15.6. The summed E-state index contributed by atoms with van der Waals surface area (Å²) in [5.74, 6) is -0.777. The average molecular weight is 327 g/mol. The van der Waals surface area contributed by atoms with E-state index in [4.69, 9.17) is 11.6 Å². The van der Waals surface area contributed by atoms with E-state index in [0.29, 0.717) is 27.8 Å². The maximum Gasteiger partial charge on any atom is 0.350 e. The van der Waals surface area contributed by atoms with Crippen molar-refractivity contribution in [2.75, 3.05) is 12.4 Å². The summed E-state index contributed by atoms with van der Waals surface area (Å²) in [6, 6.07) is 3.28. The first-order chi connectivity index (χ1) is 10.1. The van der Waals surface area contributed by atoms with Gasteiger partial charge in [0.05, 0.1) is 17.8 Å². The average Bonchev–Trinajstić information content (AvgIpc) is 3.05. The highest BCUT2D eigenvalue weighted by molar-refractivity contribution is 7.12. The number of aryl methyl sites for hydroxylation is 1. The van der Waals surface area contributed by atoms with Crippen LogP contribution in [0.5, 0.6) is 0 Å². The van der Waals surface area contributed by atoms with Crippen LogP contribution in [0.4, 0.5) is 5.69 Å². The van der Waals surface area contributed by atoms with E-state index in [-0.39, 0.29) is 5.91 Å². The number of carbonyl (C=O) groups excluding carboxylic acids is 2. The van der Waals surface area contributed by atoms with E-state index in [1.165, 1.54) is 18.4 Å². The highest BCUT2D eigenvalue weighted by Crippen LogP contribution is 2.24. The number of nitrogens with one attached hydrogen (secondary N) is 1. The van der Waals surface area contributed by atoms with Gasteiger partial charge in [-0.2, -0.15) is 0 Å². The van der Waals surface area contributed by atoms with Gasteiger partial charge in [0.25, 0.3) is 5.91 Å². The van der Waals surface area contributed by atoms with Crippen molar-refractivity contribution in [1.29, 1.82) is 0 Å². The Morgan fingerprint density at radius 1 is 1.48 bits per heavy atom. The zero-order valence-electron chi connectivity index (χ0n) is 11.7. The molecule has 2 aromatic rings. The van der Waals surface area contributed by atoms with Crippen LogP contribution in [-0.2, 0) is 11.3 Å². The lowest BCUT2D eigenvalue weighted by molar-refractivity contribution is 0.0607. The molecular weight excluding hydrogens is 312 g/mol. The summed E-state index contributed by atoms with van der Waals surface area (Å²) in [7, 11) is 1.31. The molecule has 0 aliphatic carbocycles. The van der Waals surface area contributed by atoms with E-state index < -0.39 is 5.97 Å². The molecule has 0 aliphatic rings. The number of methoxy groups -OCH3 is 1. The Labute approximate surface area is 131 Å². The molecular formula is C14H15ClN2O3S. The van der Waals surface area contributed by atoms with Crippen molar-refractivity contribution in [3.05, 3.63) is 39.3 Å². The van der Waals surface area contributed by atoms with Crippen molar-refractivity contribution < 1.29 is 14.3 Å². The Balaban J connectivity index is 2.22. The number of ether oxygens (including phenoxy) is 1. The van der Waals surface area contributed by atoms with Crippen molar-refractivity contribution in [2.24, 2.45) is 0 Å². The maximum absolute atomic E-state index is 12.3. The van der Waals surface area contributed by atoms with Crippen LogP contribution in [0.3, 0.4) is 0 Å². The molecule has 2 rings (SSSR count). The van der Waals surface area contributed by atoms with Crippen LogP contribution in [-0.4, -0.2) is 23.6 Å². The number of thiophene rings is 1. The molecule has 0 bridgehead atoms. The van der Waals surface area contributed by atoms with Gasteiger partial charge in [-0.05, 0) is 23.9 Å². The van der Waals surface area contributed by atoms with Crippen molar-refractivity contribution in [2.45, 2.75) is 19.9 Å². The van der Waals surface area contributed by atoms with Crippen LogP contribution in [0.15, 0.2) is 23.7 Å². The Morgan fingerprint density at radius 3 is 2.90 bits per heavy atom. The summed E-state index contributed by atoms with van der Waals surface area (Å²) >= 11 is 7.18. The predicted molar refractivity (Wildman–Crippen MR) is 83.3 cm³/mol. The summed E-state index contributed by atoms with van der Waals surface area (Å²) < 4.78 is 6.48. The quantitative estimate of drug-likeness (QED) is 0.853. The molecule has 112 valence electrons. The molecule has 2 heterocycles. The fourth-order valence-corrected chi connectivity index (χ4v) is 2.92. The molecule has 5 nitrogen and oxygen atoms in total. The Morgan fingerprint density at radius 2 is 2.24 bits per heavy atom. The van der Waals surface area contributed by atoms with Gasteiger partial charge >= 0.3 is 5.97 Å². The van der Waals surface area contributed by atoms with Gasteiger partial charge in [-0.1, -0.05) is 18.5 Å². The molecule has 21 heavy (non-hydrogen) atoms. The number of hydrogen-bond acceptors (Lipinski definition) is 4. The summed E-state index contributed by atoms with van der Waals surface area (Å²) in [6.07, 6.45) is 2.60. The fourth-order valence-electron chi connectivity index (χ4n) is 1.94. The lowest BCUT2D eigenvalue weighted by Crippen LogP contribution is -2.18. The molecule has 0 atom stereocenters. The molecule has 0 fully saturated rings. The van der Waals surface area contributed by atoms with Gasteiger partial charge in [0.2, 0.25) is 0 Å². The lowest BCUT2D eigenvalue weighted by atomic mass is 10.3. The van der Waals surface area contributed by atoms with Gasteiger partial charge in [0, 0.05) is 12.7 Å². The van der Waals surface area contributed by atoms with Gasteiger partial charge in [-0.15, -0.1) is 11.3 Å². The molecule has 0 aromatic carbocycles. The SMILES string of the molecule is CCCn1cc(Cl)cc1C(=O)Nc1ccsc1C(=O)OC. The smallest absolute Gasteiger partial charge is 0.350 e. The van der Waals surface area contributed by atoms with Gasteiger partial charge < -0.3 is 14.6 Å². The van der Waals surface area contributed by atoms with E-state index in [1.807, 2.05) is 6.92 Å². The van der Waals surface area contributed by atoms with Gasteiger partial charge in [0.1, 0.15) is 10.6 Å². The van der Waals surface area contributed by atoms with Crippen LogP contribution in [0.1, 0.15) is 33.5 Å². The summed E-state index contributed by atoms with van der Waals surface area (Å²) in [5.41, 5.74) is 0.904. The number of nitrogens with zero attached hydrogens (tertiary/aromatic N) is 1. The molecule has 0 radical (unpaired) electrons. The molecule has 0 unspecified atom stereocenters. The molecule has 0 saturated heterocycles. The second-order valence-electron chi connectivity index (χ2n) is 4.35. The Bertz CT molecular complexity index is 663. The minimum Gasteiger partial charge on any atom is -0.465 e. The minimum atomic E-state index is -0.470. The monoisotopic (exact) mass is 326 g/mol. The van der Waals surface area contributed by atoms with Crippen LogP contribution in [0.25, 0.3) is 0 Å². The molecule has 2 aromatic heterocycles. The summed E-state index contributed by atoms with van der Waals surface area (Å²) in [4.78, 5) is 24.3. The topological polar surface area (TPSA) is 60.3 Å². The highest BCUT2D eigenvalue weighted by atomic mass is 35.5. The van der Waals surface area contributed by atoms with E-state index in [2.05, 4.69) is 10.1 Å². The van der Waals surface area contributed by atoms with Crippen molar-refractivity contribution in [3.63, 3.8) is 0 Å². The Kier molecular flexibility index (Phi) is 5.03. The number of anilines is 1. The number of rotatable bonds is 5. The molecule has 7 heteroatoms. The zero-order chi connectivity index (χ0) is 15.4. The predicted octanol–water partition coefficient (Wildman–Crippen LogP) is 3.65. The largest absolute Gasteiger partial charge is 0.465 e. The van der Waals surface area contributed by atoms with Crippen LogP contribution < -0.4 is 5.32 Å². The molecule has 1 N–H and O–H groups in total. The number of halogens is 1. The zero-order valence-corrected chi connectivity index (χ0v) is 13.3. The van der Waals surface area contributed by atoms with E-state index in [9.17, 15) is 9.59 Å². The molecule has 0 spiro atoms. The maximum atomic E-state index is 12.3. The van der Waals surface area contributed by atoms with E-state index in [1.54, 1.807) is 28.3 Å². The van der Waals surface area contributed by atoms with Gasteiger partial charge in [-0.3, -0.25) is 4.79 Å². The normalized spacial score (nSPS) is 10.4. The standard InChI is InChI=1S/C14H15ClN2O3S/c1-3-5-17-8-9(15)7-11(17)13(18)16-10-4-6-21-12(10)14(19)20-2/h4,6-8H,3,5H2,1-2H3,(H,16,18). The van der Waals surface area contributed by atoms with E-state index >= 15 is 0 Å². The number of aromatic nitrogens is 1. The molecule has 0 aliphatic heterocycles. The third-order valence-electron chi connectivity index (χ3n) is 2.84. The number of carbonyl (C=O) groups is 2. The Hall–Kier alpha value is -1.79. The molecule has 0 saturated carbocycles. The van der Waals surface area contributed by atoms with Crippen molar-refractivity contribution in [3.8, 4) is 0 Å². The number of esters is 1. The van der Waals surface area contributed by atoms with E-state index in [0.717, 1.165) is 6.42 Å². The highest BCUT2D eigenvalue weighted by Gasteiger charge is 2.18. The third kappa shape index (κ3) is 3.46. The summed E-state index contributed by atoms with van der Waals surface area (Å²) in [5, 5.41) is 4.95. The van der Waals surface area contributed by atoms with Crippen LogP contribution >= 0.6 is 22.9 Å². The van der Waals surface area contributed by atoms with Gasteiger partial charge in [-0.25, -0.2) is 4.79 Å². The minimum absolute atomic E-state index is 0.307.